The number of hydrogen-bond acceptors (Lipinski definition) is 5. The van der Waals surface area contributed by atoms with E-state index in [0.717, 1.165) is 4.88 Å². The molecule has 0 spiro atoms. The van der Waals surface area contributed by atoms with E-state index < -0.39 is 5.97 Å². The molecular formula is C13H16ClN3O2S. The molecule has 0 aliphatic rings. The zero-order chi connectivity index (χ0) is 14.9. The zero-order valence-corrected chi connectivity index (χ0v) is 13.1. The van der Waals surface area contributed by atoms with Gasteiger partial charge in [0, 0.05) is 4.88 Å². The van der Waals surface area contributed by atoms with Crippen molar-refractivity contribution in [3.63, 3.8) is 0 Å². The summed E-state index contributed by atoms with van der Waals surface area (Å²) in [6.45, 7) is 5.83. The number of nitrogens with two attached hydrogens (primary N) is 1. The topological polar surface area (TPSA) is 70.1 Å². The highest BCUT2D eigenvalue weighted by Crippen LogP contribution is 2.32. The Bertz CT molecular complexity index is 636. The first-order valence-electron chi connectivity index (χ1n) is 6.22. The maximum Gasteiger partial charge on any atom is 0.360 e. The standard InChI is InChI=1S/C13H16ClN3O2S/c1-4-19-13(18)11-12(15)17(8(3)16-11)7(2)9-5-6-10(14)20-9/h5-7H,4,15H2,1-3H3. The van der Waals surface area contributed by atoms with Gasteiger partial charge in [-0.15, -0.1) is 11.3 Å². The minimum Gasteiger partial charge on any atom is -0.461 e. The molecule has 1 atom stereocenters. The second-order valence-electron chi connectivity index (χ2n) is 4.30. The molecular weight excluding hydrogens is 298 g/mol. The number of rotatable bonds is 4. The van der Waals surface area contributed by atoms with Crippen molar-refractivity contribution in [3.05, 3.63) is 32.9 Å². The van der Waals surface area contributed by atoms with Gasteiger partial charge in [0.05, 0.1) is 17.0 Å². The van der Waals surface area contributed by atoms with E-state index in [-0.39, 0.29) is 11.7 Å². The Morgan fingerprint density at radius 3 is 2.85 bits per heavy atom. The molecule has 0 saturated carbocycles. The third-order valence-corrected chi connectivity index (χ3v) is 4.39. The SMILES string of the molecule is CCOC(=O)c1nc(C)n(C(C)c2ccc(Cl)s2)c1N. The van der Waals surface area contributed by atoms with Crippen LogP contribution < -0.4 is 5.73 Å². The van der Waals surface area contributed by atoms with Gasteiger partial charge in [-0.05, 0) is 32.9 Å². The van der Waals surface area contributed by atoms with Crippen LogP contribution in [0.2, 0.25) is 4.34 Å². The average molecular weight is 314 g/mol. The number of hydrogen-bond donors (Lipinski definition) is 1. The quantitative estimate of drug-likeness (QED) is 0.879. The molecule has 20 heavy (non-hydrogen) atoms. The second kappa shape index (κ2) is 5.85. The Labute approximate surface area is 126 Å². The summed E-state index contributed by atoms with van der Waals surface area (Å²) in [4.78, 5) is 17.1. The van der Waals surface area contributed by atoms with Crippen LogP contribution in [0, 0.1) is 6.92 Å². The number of anilines is 1. The van der Waals surface area contributed by atoms with Gasteiger partial charge >= 0.3 is 5.97 Å². The number of nitrogens with zero attached hydrogens (tertiary/aromatic N) is 2. The summed E-state index contributed by atoms with van der Waals surface area (Å²) >= 11 is 7.44. The molecule has 0 bridgehead atoms. The fourth-order valence-electron chi connectivity index (χ4n) is 2.08. The first-order chi connectivity index (χ1) is 9.45. The van der Waals surface area contributed by atoms with Gasteiger partial charge in [-0.1, -0.05) is 11.6 Å². The summed E-state index contributed by atoms with van der Waals surface area (Å²) < 4.78 is 7.48. The molecule has 0 saturated heterocycles. The van der Waals surface area contributed by atoms with Gasteiger partial charge in [0.25, 0.3) is 0 Å². The molecule has 2 N–H and O–H groups in total. The minimum atomic E-state index is -0.497. The van der Waals surface area contributed by atoms with Crippen molar-refractivity contribution in [1.29, 1.82) is 0 Å². The van der Waals surface area contributed by atoms with Crippen LogP contribution in [0.4, 0.5) is 5.82 Å². The highest BCUT2D eigenvalue weighted by atomic mass is 35.5. The fraction of sp³-hybridized carbons (Fsp3) is 0.385. The van der Waals surface area contributed by atoms with E-state index >= 15 is 0 Å². The lowest BCUT2D eigenvalue weighted by molar-refractivity contribution is 0.0521. The normalized spacial score (nSPS) is 12.4. The van der Waals surface area contributed by atoms with Crippen LogP contribution in [0.1, 0.15) is 41.1 Å². The van der Waals surface area contributed by atoms with Crippen molar-refractivity contribution < 1.29 is 9.53 Å². The molecule has 0 aliphatic heterocycles. The number of esters is 1. The number of ether oxygens (including phenoxy) is 1. The highest BCUT2D eigenvalue weighted by molar-refractivity contribution is 7.16. The molecule has 7 heteroatoms. The third-order valence-electron chi connectivity index (χ3n) is 2.99. The van der Waals surface area contributed by atoms with Gasteiger partial charge in [-0.2, -0.15) is 0 Å². The van der Waals surface area contributed by atoms with E-state index in [1.54, 1.807) is 6.92 Å². The Kier molecular flexibility index (Phi) is 4.35. The van der Waals surface area contributed by atoms with Crippen molar-refractivity contribution in [2.75, 3.05) is 12.3 Å². The van der Waals surface area contributed by atoms with E-state index in [9.17, 15) is 4.79 Å². The van der Waals surface area contributed by atoms with Gasteiger partial charge in [0.1, 0.15) is 11.6 Å². The van der Waals surface area contributed by atoms with Crippen LogP contribution in [-0.2, 0) is 4.74 Å². The van der Waals surface area contributed by atoms with Gasteiger partial charge in [0.15, 0.2) is 5.69 Å². The molecule has 108 valence electrons. The number of carbonyl (C=O) groups is 1. The van der Waals surface area contributed by atoms with Crippen LogP contribution in [0.25, 0.3) is 0 Å². The summed E-state index contributed by atoms with van der Waals surface area (Å²) in [5, 5.41) is 0. The van der Waals surface area contributed by atoms with Gasteiger partial charge in [-0.25, -0.2) is 9.78 Å². The summed E-state index contributed by atoms with van der Waals surface area (Å²) in [7, 11) is 0. The van der Waals surface area contributed by atoms with Crippen molar-refractivity contribution in [3.8, 4) is 0 Å². The first-order valence-corrected chi connectivity index (χ1v) is 7.41. The zero-order valence-electron chi connectivity index (χ0n) is 11.5. The monoisotopic (exact) mass is 313 g/mol. The van der Waals surface area contributed by atoms with Gasteiger partial charge in [-0.3, -0.25) is 0 Å². The maximum absolute atomic E-state index is 11.8. The first kappa shape index (κ1) is 14.9. The molecule has 0 aromatic carbocycles. The van der Waals surface area contributed by atoms with E-state index in [1.165, 1.54) is 11.3 Å². The molecule has 0 amide bonds. The van der Waals surface area contributed by atoms with Gasteiger partial charge in [0.2, 0.25) is 0 Å². The number of halogens is 1. The summed E-state index contributed by atoms with van der Waals surface area (Å²) in [5.74, 6) is 0.490. The Morgan fingerprint density at radius 1 is 1.60 bits per heavy atom. The van der Waals surface area contributed by atoms with Crippen molar-refractivity contribution in [1.82, 2.24) is 9.55 Å². The van der Waals surface area contributed by atoms with Crippen LogP contribution in [0.5, 0.6) is 0 Å². The lowest BCUT2D eigenvalue weighted by atomic mass is 10.2. The van der Waals surface area contributed by atoms with Crippen molar-refractivity contribution in [2.45, 2.75) is 26.8 Å². The van der Waals surface area contributed by atoms with Crippen molar-refractivity contribution in [2.24, 2.45) is 0 Å². The number of imidazole rings is 1. The maximum atomic E-state index is 11.8. The molecule has 0 aliphatic carbocycles. The highest BCUT2D eigenvalue weighted by Gasteiger charge is 2.23. The Hall–Kier alpha value is -1.53. The van der Waals surface area contributed by atoms with E-state index in [2.05, 4.69) is 4.98 Å². The summed E-state index contributed by atoms with van der Waals surface area (Å²) in [6, 6.07) is 3.75. The minimum absolute atomic E-state index is 0.0387. The molecule has 2 rings (SSSR count). The molecule has 2 heterocycles. The van der Waals surface area contributed by atoms with Crippen LogP contribution >= 0.6 is 22.9 Å². The molecule has 5 nitrogen and oxygen atoms in total. The molecule has 1 unspecified atom stereocenters. The fourth-order valence-corrected chi connectivity index (χ4v) is 3.18. The van der Waals surface area contributed by atoms with Crippen LogP contribution in [0.15, 0.2) is 12.1 Å². The predicted octanol–water partition coefficient (Wildman–Crippen LogP) is 3.27. The lowest BCUT2D eigenvalue weighted by Crippen LogP contribution is -2.13. The van der Waals surface area contributed by atoms with E-state index in [1.807, 2.05) is 30.5 Å². The Morgan fingerprint density at radius 2 is 2.30 bits per heavy atom. The van der Waals surface area contributed by atoms with Crippen LogP contribution in [0.3, 0.4) is 0 Å². The number of carbonyl (C=O) groups excluding carboxylic acids is 1. The molecule has 0 fully saturated rings. The number of aryl methyl sites for hydroxylation is 1. The van der Waals surface area contributed by atoms with Crippen molar-refractivity contribution >= 4 is 34.7 Å². The van der Waals surface area contributed by atoms with E-state index in [0.29, 0.717) is 22.6 Å². The molecule has 2 aromatic heterocycles. The molecule has 0 radical (unpaired) electrons. The average Bonchev–Trinajstić information content (AvgIpc) is 2.94. The number of thiophene rings is 1. The smallest absolute Gasteiger partial charge is 0.360 e. The largest absolute Gasteiger partial charge is 0.461 e. The predicted molar refractivity (Wildman–Crippen MR) is 80.5 cm³/mol. The molecule has 2 aromatic rings. The summed E-state index contributed by atoms with van der Waals surface area (Å²) in [6.07, 6.45) is 0. The van der Waals surface area contributed by atoms with Gasteiger partial charge < -0.3 is 15.0 Å². The van der Waals surface area contributed by atoms with Crippen LogP contribution in [-0.4, -0.2) is 22.1 Å². The van der Waals surface area contributed by atoms with E-state index in [4.69, 9.17) is 22.1 Å². The number of aromatic nitrogens is 2. The second-order valence-corrected chi connectivity index (χ2v) is 6.05. The third kappa shape index (κ3) is 2.66. The lowest BCUT2D eigenvalue weighted by Gasteiger charge is -2.15. The number of nitrogen functional groups attached to an aromatic ring is 1. The summed E-state index contributed by atoms with van der Waals surface area (Å²) in [5.41, 5.74) is 6.22. The Balaban J connectivity index is 2.40.